The lowest BCUT2D eigenvalue weighted by atomic mass is 10.0. The smallest absolute Gasteiger partial charge is 0.303 e. The van der Waals surface area contributed by atoms with Crippen LogP contribution in [0, 0.1) is 4.77 Å². The van der Waals surface area contributed by atoms with Gasteiger partial charge in [-0.15, -0.1) is 0 Å². The van der Waals surface area contributed by atoms with Gasteiger partial charge in [-0.05, 0) is 12.2 Å². The summed E-state index contributed by atoms with van der Waals surface area (Å²) >= 11 is 5.04. The van der Waals surface area contributed by atoms with Crippen molar-refractivity contribution in [1.82, 2.24) is 14.8 Å². The lowest BCUT2D eigenvalue weighted by Crippen LogP contribution is -2.56. The highest BCUT2D eigenvalue weighted by Gasteiger charge is 2.48. The molecule has 1 N–H and O–H groups in total. The Morgan fingerprint density at radius 2 is 1.73 bits per heavy atom. The van der Waals surface area contributed by atoms with E-state index in [2.05, 4.69) is 10.1 Å². The Hall–Kier alpha value is -2.60. The van der Waals surface area contributed by atoms with Gasteiger partial charge in [0.05, 0.1) is 6.61 Å². The van der Waals surface area contributed by atoms with Crippen LogP contribution in [0.4, 0.5) is 0 Å². The van der Waals surface area contributed by atoms with E-state index in [1.165, 1.54) is 6.92 Å². The molecule has 0 saturated carbocycles. The molecule has 1 aromatic heterocycles. The minimum Gasteiger partial charge on any atom is -0.456 e. The predicted molar refractivity (Wildman–Crippen MR) is 85.3 cm³/mol. The summed E-state index contributed by atoms with van der Waals surface area (Å²) in [6.45, 7) is 3.31. The number of nitrogens with zero attached hydrogens (tertiary/aromatic N) is 2. The Morgan fingerprint density at radius 1 is 1.15 bits per heavy atom. The number of rotatable bonds is 4. The second kappa shape index (κ2) is 8.19. The molecule has 0 aliphatic carbocycles. The van der Waals surface area contributed by atoms with Crippen molar-refractivity contribution in [3.8, 4) is 0 Å². The van der Waals surface area contributed by atoms with E-state index in [0.717, 1.165) is 24.7 Å². The minimum atomic E-state index is -1.22. The lowest BCUT2D eigenvalue weighted by molar-refractivity contribution is -0.242. The highest BCUT2D eigenvalue weighted by molar-refractivity contribution is 7.71. The fraction of sp³-hybridized carbons (Fsp3) is 0.571. The Kier molecular flexibility index (Phi) is 6.21. The van der Waals surface area contributed by atoms with Crippen LogP contribution >= 0.6 is 12.2 Å². The third kappa shape index (κ3) is 4.73. The van der Waals surface area contributed by atoms with Gasteiger partial charge in [-0.1, -0.05) is 0 Å². The third-order valence-electron chi connectivity index (χ3n) is 3.30. The van der Waals surface area contributed by atoms with E-state index >= 15 is 0 Å². The van der Waals surface area contributed by atoms with Gasteiger partial charge in [0.25, 0.3) is 5.56 Å². The Morgan fingerprint density at radius 3 is 2.27 bits per heavy atom. The van der Waals surface area contributed by atoms with Crippen molar-refractivity contribution in [2.75, 3.05) is 6.61 Å². The van der Waals surface area contributed by atoms with Gasteiger partial charge in [-0.2, -0.15) is 5.10 Å². The minimum absolute atomic E-state index is 0.0906. The number of hydrogen-bond donors (Lipinski definition) is 1. The second-order valence-corrected chi connectivity index (χ2v) is 5.79. The summed E-state index contributed by atoms with van der Waals surface area (Å²) in [6, 6.07) is 0. The van der Waals surface area contributed by atoms with Crippen molar-refractivity contribution in [3.63, 3.8) is 0 Å². The number of H-pyrrole nitrogens is 1. The summed E-state index contributed by atoms with van der Waals surface area (Å²) in [4.78, 5) is 48.0. The Bertz CT molecular complexity index is 819. The molecule has 1 fully saturated rings. The molecular formula is C14H17N3O8S. The summed E-state index contributed by atoms with van der Waals surface area (Å²) in [7, 11) is 0. The van der Waals surface area contributed by atoms with E-state index in [1.807, 2.05) is 0 Å². The first kappa shape index (κ1) is 19.7. The monoisotopic (exact) mass is 387 g/mol. The van der Waals surface area contributed by atoms with Gasteiger partial charge in [0.2, 0.25) is 0 Å². The van der Waals surface area contributed by atoms with Crippen LogP contribution < -0.4 is 5.56 Å². The van der Waals surface area contributed by atoms with Gasteiger partial charge < -0.3 is 18.9 Å². The number of ether oxygens (including phenoxy) is 4. The number of esters is 3. The molecule has 142 valence electrons. The van der Waals surface area contributed by atoms with Crippen LogP contribution in [-0.2, 0) is 33.3 Å². The fourth-order valence-corrected chi connectivity index (χ4v) is 2.73. The van der Waals surface area contributed by atoms with Crippen molar-refractivity contribution in [3.05, 3.63) is 21.3 Å². The van der Waals surface area contributed by atoms with Crippen molar-refractivity contribution in [1.29, 1.82) is 0 Å². The molecule has 0 radical (unpaired) electrons. The molecule has 1 aliphatic heterocycles. The van der Waals surface area contributed by atoms with Gasteiger partial charge in [0, 0.05) is 20.8 Å². The molecule has 0 amide bonds. The highest BCUT2D eigenvalue weighted by atomic mass is 32.1. The molecule has 0 bridgehead atoms. The second-order valence-electron chi connectivity index (χ2n) is 5.40. The van der Waals surface area contributed by atoms with E-state index in [-0.39, 0.29) is 11.4 Å². The molecule has 1 aliphatic rings. The van der Waals surface area contributed by atoms with E-state index in [1.54, 1.807) is 0 Å². The molecule has 26 heavy (non-hydrogen) atoms. The number of carbonyl (C=O) groups is 3. The average Bonchev–Trinajstić information content (AvgIpc) is 2.50. The maximum atomic E-state index is 11.5. The summed E-state index contributed by atoms with van der Waals surface area (Å²) < 4.78 is 22.2. The van der Waals surface area contributed by atoms with E-state index in [4.69, 9.17) is 31.2 Å². The van der Waals surface area contributed by atoms with Crippen molar-refractivity contribution < 1.29 is 33.3 Å². The van der Waals surface area contributed by atoms with Crippen molar-refractivity contribution >= 4 is 30.1 Å². The van der Waals surface area contributed by atoms with Crippen LogP contribution in [-0.4, -0.2) is 57.6 Å². The van der Waals surface area contributed by atoms with Gasteiger partial charge in [0.15, 0.2) is 29.3 Å². The standard InChI is InChI=1S/C14H17N3O8S/c1-6(18)23-9-5-22-13(17-14(26)16-10(21)4-15-17)12(25-8(3)20)11(9)24-7(2)19/h4,9,11-13H,5H2,1-3H3,(H,16,21,26)/t9-,11+,12+,13-/m0/s1. The summed E-state index contributed by atoms with van der Waals surface area (Å²) in [6.07, 6.45) is -3.54. The molecule has 1 aromatic rings. The first-order valence-electron chi connectivity index (χ1n) is 7.50. The van der Waals surface area contributed by atoms with E-state index in [9.17, 15) is 19.2 Å². The number of hydrogen-bond acceptors (Lipinski definition) is 10. The van der Waals surface area contributed by atoms with Crippen molar-refractivity contribution in [2.24, 2.45) is 0 Å². The number of aromatic amines is 1. The van der Waals surface area contributed by atoms with E-state index < -0.39 is 48.0 Å². The van der Waals surface area contributed by atoms with Gasteiger partial charge >= 0.3 is 17.9 Å². The molecule has 2 heterocycles. The predicted octanol–water partition coefficient (Wildman–Crippen LogP) is -0.375. The molecule has 2 rings (SSSR count). The first-order chi connectivity index (χ1) is 12.2. The Labute approximate surface area is 152 Å². The van der Waals surface area contributed by atoms with Crippen LogP contribution in [0.1, 0.15) is 27.0 Å². The topological polar surface area (TPSA) is 139 Å². The van der Waals surface area contributed by atoms with E-state index in [0.29, 0.717) is 0 Å². The lowest BCUT2D eigenvalue weighted by Gasteiger charge is -2.40. The largest absolute Gasteiger partial charge is 0.456 e. The van der Waals surface area contributed by atoms with Crippen LogP contribution in [0.25, 0.3) is 0 Å². The first-order valence-corrected chi connectivity index (χ1v) is 7.91. The molecular weight excluding hydrogens is 370 g/mol. The zero-order valence-electron chi connectivity index (χ0n) is 14.2. The van der Waals surface area contributed by atoms with Crippen LogP contribution in [0.3, 0.4) is 0 Å². The summed E-state index contributed by atoms with van der Waals surface area (Å²) in [5.41, 5.74) is -0.527. The maximum Gasteiger partial charge on any atom is 0.303 e. The number of aromatic nitrogens is 3. The average molecular weight is 387 g/mol. The van der Waals surface area contributed by atoms with Gasteiger partial charge in [-0.3, -0.25) is 24.2 Å². The zero-order valence-corrected chi connectivity index (χ0v) is 15.0. The van der Waals surface area contributed by atoms with Crippen LogP contribution in [0.2, 0.25) is 0 Å². The number of nitrogens with one attached hydrogen (secondary N) is 1. The molecule has 1 saturated heterocycles. The molecule has 12 heteroatoms. The maximum absolute atomic E-state index is 11.5. The van der Waals surface area contributed by atoms with Gasteiger partial charge in [-0.25, -0.2) is 4.68 Å². The number of carbonyl (C=O) groups excluding carboxylic acids is 3. The van der Waals surface area contributed by atoms with Crippen LogP contribution in [0.15, 0.2) is 11.0 Å². The molecule has 4 atom stereocenters. The highest BCUT2D eigenvalue weighted by Crippen LogP contribution is 2.30. The molecule has 11 nitrogen and oxygen atoms in total. The molecule has 0 aromatic carbocycles. The molecule has 0 spiro atoms. The molecule has 0 unspecified atom stereocenters. The fourth-order valence-electron chi connectivity index (χ4n) is 2.48. The van der Waals surface area contributed by atoms with Crippen LogP contribution in [0.5, 0.6) is 0 Å². The SMILES string of the molecule is CC(=O)O[C@@H]1[C@H](OC(C)=O)[C@@H](OC(C)=O)CO[C@@H]1n1ncc(=O)[nH]c1=S. The summed E-state index contributed by atoms with van der Waals surface area (Å²) in [5, 5.41) is 3.86. The zero-order chi connectivity index (χ0) is 19.4. The summed E-state index contributed by atoms with van der Waals surface area (Å²) in [5.74, 6) is -2.00. The van der Waals surface area contributed by atoms with Crippen molar-refractivity contribution in [2.45, 2.75) is 45.3 Å². The van der Waals surface area contributed by atoms with Gasteiger partial charge in [0.1, 0.15) is 6.20 Å². The Balaban J connectivity index is 2.46. The normalized spacial score (nSPS) is 25.2. The quantitative estimate of drug-likeness (QED) is 0.413. The third-order valence-corrected chi connectivity index (χ3v) is 3.59.